The second kappa shape index (κ2) is 4.29. The highest BCUT2D eigenvalue weighted by Gasteiger charge is 2.06. The molecule has 1 nitrogen and oxygen atoms in total. The van der Waals surface area contributed by atoms with Crippen molar-refractivity contribution in [1.29, 1.82) is 5.26 Å². The molecule has 0 saturated carbocycles. The van der Waals surface area contributed by atoms with Crippen molar-refractivity contribution in [3.05, 3.63) is 58.6 Å². The molecule has 0 aromatic heterocycles. The van der Waals surface area contributed by atoms with Crippen LogP contribution in [0.25, 0.3) is 11.1 Å². The summed E-state index contributed by atoms with van der Waals surface area (Å²) in [6, 6.07) is 17.7. The third-order valence-corrected chi connectivity index (χ3v) is 2.90. The molecule has 0 unspecified atom stereocenters. The fourth-order valence-corrected chi connectivity index (χ4v) is 1.99. The van der Waals surface area contributed by atoms with Gasteiger partial charge in [-0.05, 0) is 17.7 Å². The molecule has 0 spiro atoms. The van der Waals surface area contributed by atoms with Gasteiger partial charge >= 0.3 is 0 Å². The van der Waals surface area contributed by atoms with Gasteiger partial charge in [-0.3, -0.25) is 0 Å². The predicted molar refractivity (Wildman–Crippen MR) is 64.3 cm³/mol. The van der Waals surface area contributed by atoms with E-state index in [1.807, 2.05) is 48.5 Å². The first-order valence-corrected chi connectivity index (χ1v) is 5.36. The number of hydrogen-bond acceptors (Lipinski definition) is 1. The Bertz CT molecular complexity index is 526. The van der Waals surface area contributed by atoms with Gasteiger partial charge in [-0.2, -0.15) is 5.26 Å². The van der Waals surface area contributed by atoms with E-state index in [0.717, 1.165) is 15.6 Å². The highest BCUT2D eigenvalue weighted by atomic mass is 79.9. The first-order valence-electron chi connectivity index (χ1n) is 4.57. The molecule has 72 valence electrons. The molecule has 0 aliphatic heterocycles. The minimum absolute atomic E-state index is 0.699. The van der Waals surface area contributed by atoms with Gasteiger partial charge in [0.25, 0.3) is 0 Å². The van der Waals surface area contributed by atoms with Crippen LogP contribution < -0.4 is 0 Å². The number of rotatable bonds is 1. The smallest absolute Gasteiger partial charge is 0.0998 e. The molecular weight excluding hydrogens is 250 g/mol. The molecule has 0 aliphatic carbocycles. The Balaban J connectivity index is 2.65. The zero-order valence-electron chi connectivity index (χ0n) is 7.94. The minimum atomic E-state index is 0.699. The summed E-state index contributed by atoms with van der Waals surface area (Å²) in [6.07, 6.45) is 0. The molecule has 15 heavy (non-hydrogen) atoms. The maximum Gasteiger partial charge on any atom is 0.0998 e. The Morgan fingerprint density at radius 2 is 1.47 bits per heavy atom. The van der Waals surface area contributed by atoms with Gasteiger partial charge in [0.15, 0.2) is 0 Å². The normalized spacial score (nSPS) is 9.60. The zero-order valence-corrected chi connectivity index (χ0v) is 9.53. The third kappa shape index (κ3) is 1.93. The van der Waals surface area contributed by atoms with Crippen LogP contribution in [0.3, 0.4) is 0 Å². The zero-order chi connectivity index (χ0) is 10.7. The van der Waals surface area contributed by atoms with Gasteiger partial charge in [-0.15, -0.1) is 0 Å². The van der Waals surface area contributed by atoms with Crippen molar-refractivity contribution < 1.29 is 0 Å². The molecular formula is C13H8BrN. The van der Waals surface area contributed by atoms with E-state index in [1.54, 1.807) is 0 Å². The van der Waals surface area contributed by atoms with Crippen LogP contribution in [-0.2, 0) is 0 Å². The lowest BCUT2D eigenvalue weighted by Gasteiger charge is -2.05. The molecule has 0 N–H and O–H groups in total. The monoisotopic (exact) mass is 257 g/mol. The summed E-state index contributed by atoms with van der Waals surface area (Å²) >= 11 is 3.49. The molecule has 2 aromatic carbocycles. The summed E-state index contributed by atoms with van der Waals surface area (Å²) in [5, 5.41) is 9.01. The average Bonchev–Trinajstić information content (AvgIpc) is 2.30. The van der Waals surface area contributed by atoms with E-state index in [0.29, 0.717) is 5.56 Å². The van der Waals surface area contributed by atoms with Crippen LogP contribution in [0.2, 0.25) is 0 Å². The quantitative estimate of drug-likeness (QED) is 0.758. The van der Waals surface area contributed by atoms with E-state index in [4.69, 9.17) is 5.26 Å². The van der Waals surface area contributed by atoms with Crippen molar-refractivity contribution in [2.45, 2.75) is 0 Å². The first-order chi connectivity index (χ1) is 7.33. The Hall–Kier alpha value is -1.59. The number of nitrogens with zero attached hydrogens (tertiary/aromatic N) is 1. The standard InChI is InChI=1S/C13H8BrN/c14-13-8-4-3-7-12(13)11-6-2-1-5-10(11)9-15/h1-8H. The maximum absolute atomic E-state index is 9.01. The SMILES string of the molecule is N#Cc1ccccc1-c1ccccc1Br. The van der Waals surface area contributed by atoms with E-state index < -0.39 is 0 Å². The van der Waals surface area contributed by atoms with E-state index >= 15 is 0 Å². The summed E-state index contributed by atoms with van der Waals surface area (Å²) in [5.74, 6) is 0. The fraction of sp³-hybridized carbons (Fsp3) is 0. The van der Waals surface area contributed by atoms with Gasteiger partial charge in [0, 0.05) is 10.0 Å². The lowest BCUT2D eigenvalue weighted by Crippen LogP contribution is -1.84. The molecule has 0 radical (unpaired) electrons. The summed E-state index contributed by atoms with van der Waals surface area (Å²) in [6.45, 7) is 0. The average molecular weight is 258 g/mol. The van der Waals surface area contributed by atoms with Crippen molar-refractivity contribution in [3.63, 3.8) is 0 Å². The summed E-state index contributed by atoms with van der Waals surface area (Å²) < 4.78 is 1.01. The third-order valence-electron chi connectivity index (χ3n) is 2.21. The molecule has 0 fully saturated rings. The molecule has 0 aliphatic rings. The van der Waals surface area contributed by atoms with Gasteiger partial charge in [0.05, 0.1) is 11.6 Å². The van der Waals surface area contributed by atoms with Crippen LogP contribution in [0.1, 0.15) is 5.56 Å². The van der Waals surface area contributed by atoms with Crippen LogP contribution in [0, 0.1) is 11.3 Å². The van der Waals surface area contributed by atoms with E-state index in [2.05, 4.69) is 22.0 Å². The van der Waals surface area contributed by atoms with Gasteiger partial charge < -0.3 is 0 Å². The molecule has 2 aromatic rings. The van der Waals surface area contributed by atoms with Gasteiger partial charge in [0.2, 0.25) is 0 Å². The van der Waals surface area contributed by atoms with Crippen molar-refractivity contribution >= 4 is 15.9 Å². The topological polar surface area (TPSA) is 23.8 Å². The first kappa shape index (κ1) is 9.95. The summed E-state index contributed by atoms with van der Waals surface area (Å²) in [4.78, 5) is 0. The molecule has 0 heterocycles. The van der Waals surface area contributed by atoms with Crippen molar-refractivity contribution in [2.75, 3.05) is 0 Å². The van der Waals surface area contributed by atoms with E-state index in [-0.39, 0.29) is 0 Å². The number of nitriles is 1. The Labute approximate surface area is 97.1 Å². The Morgan fingerprint density at radius 1 is 0.867 bits per heavy atom. The van der Waals surface area contributed by atoms with E-state index in [1.165, 1.54) is 0 Å². The van der Waals surface area contributed by atoms with Crippen molar-refractivity contribution in [2.24, 2.45) is 0 Å². The molecule has 2 heteroatoms. The van der Waals surface area contributed by atoms with Gasteiger partial charge in [-0.25, -0.2) is 0 Å². The molecule has 0 atom stereocenters. The minimum Gasteiger partial charge on any atom is -0.192 e. The maximum atomic E-state index is 9.01. The molecule has 2 rings (SSSR count). The predicted octanol–water partition coefficient (Wildman–Crippen LogP) is 3.99. The number of hydrogen-bond donors (Lipinski definition) is 0. The van der Waals surface area contributed by atoms with Gasteiger partial charge in [-0.1, -0.05) is 52.3 Å². The van der Waals surface area contributed by atoms with Gasteiger partial charge in [0.1, 0.15) is 0 Å². The van der Waals surface area contributed by atoms with E-state index in [9.17, 15) is 0 Å². The largest absolute Gasteiger partial charge is 0.192 e. The Morgan fingerprint density at radius 3 is 2.13 bits per heavy atom. The Kier molecular flexibility index (Phi) is 2.84. The lowest BCUT2D eigenvalue weighted by molar-refractivity contribution is 1.47. The molecule has 0 amide bonds. The van der Waals surface area contributed by atoms with Crippen molar-refractivity contribution in [3.8, 4) is 17.2 Å². The van der Waals surface area contributed by atoms with Crippen molar-refractivity contribution in [1.82, 2.24) is 0 Å². The number of halogens is 1. The second-order valence-electron chi connectivity index (χ2n) is 3.14. The highest BCUT2D eigenvalue weighted by Crippen LogP contribution is 2.29. The summed E-state index contributed by atoms with van der Waals surface area (Å²) in [7, 11) is 0. The second-order valence-corrected chi connectivity index (χ2v) is 3.99. The molecule has 0 saturated heterocycles. The van der Waals surface area contributed by atoms with Crippen LogP contribution in [-0.4, -0.2) is 0 Å². The van der Waals surface area contributed by atoms with Crippen LogP contribution in [0.15, 0.2) is 53.0 Å². The highest BCUT2D eigenvalue weighted by molar-refractivity contribution is 9.10. The lowest BCUT2D eigenvalue weighted by atomic mass is 10.0. The fourth-order valence-electron chi connectivity index (χ4n) is 1.50. The van der Waals surface area contributed by atoms with Crippen LogP contribution in [0.5, 0.6) is 0 Å². The molecule has 0 bridgehead atoms. The summed E-state index contributed by atoms with van der Waals surface area (Å²) in [5.41, 5.74) is 2.71. The van der Waals surface area contributed by atoms with Crippen LogP contribution in [0.4, 0.5) is 0 Å². The number of benzene rings is 2. The van der Waals surface area contributed by atoms with Crippen LogP contribution >= 0.6 is 15.9 Å².